The van der Waals surface area contributed by atoms with Gasteiger partial charge in [-0.3, -0.25) is 4.98 Å². The van der Waals surface area contributed by atoms with Gasteiger partial charge in [0.15, 0.2) is 0 Å². The number of hydrogen-bond acceptors (Lipinski definition) is 2. The summed E-state index contributed by atoms with van der Waals surface area (Å²) in [5.41, 5.74) is 3.80. The van der Waals surface area contributed by atoms with Crippen molar-refractivity contribution in [2.45, 2.75) is 26.3 Å². The Hall–Kier alpha value is -0.710. The third kappa shape index (κ3) is 4.14. The van der Waals surface area contributed by atoms with Gasteiger partial charge in [0.2, 0.25) is 0 Å². The predicted molar refractivity (Wildman–Crippen MR) is 90.9 cm³/mol. The molecule has 0 amide bonds. The first-order valence-corrected chi connectivity index (χ1v) is 8.27. The molecule has 0 fully saturated rings. The molecular weight excluding hydrogens is 380 g/mol. The van der Waals surface area contributed by atoms with Crippen LogP contribution in [-0.4, -0.2) is 11.5 Å². The SMILES string of the molecule is CCNC(Cc1cncc(Br)c1)c1cc(C)ccc1Br. The van der Waals surface area contributed by atoms with E-state index >= 15 is 0 Å². The lowest BCUT2D eigenvalue weighted by Crippen LogP contribution is -2.23. The van der Waals surface area contributed by atoms with Crippen LogP contribution < -0.4 is 5.32 Å². The monoisotopic (exact) mass is 396 g/mol. The van der Waals surface area contributed by atoms with Gasteiger partial charge >= 0.3 is 0 Å². The van der Waals surface area contributed by atoms with Crippen LogP contribution in [0.2, 0.25) is 0 Å². The van der Waals surface area contributed by atoms with E-state index in [1.165, 1.54) is 16.7 Å². The summed E-state index contributed by atoms with van der Waals surface area (Å²) in [7, 11) is 0. The number of nitrogens with zero attached hydrogens (tertiary/aromatic N) is 1. The number of pyridine rings is 1. The van der Waals surface area contributed by atoms with Crippen molar-refractivity contribution in [3.8, 4) is 0 Å². The summed E-state index contributed by atoms with van der Waals surface area (Å²) in [5.74, 6) is 0. The fourth-order valence-electron chi connectivity index (χ4n) is 2.27. The molecule has 0 aliphatic heterocycles. The normalized spacial score (nSPS) is 12.4. The zero-order valence-electron chi connectivity index (χ0n) is 11.7. The summed E-state index contributed by atoms with van der Waals surface area (Å²) in [5, 5.41) is 3.56. The molecule has 1 N–H and O–H groups in total. The van der Waals surface area contributed by atoms with E-state index in [0.717, 1.165) is 21.9 Å². The van der Waals surface area contributed by atoms with Crippen LogP contribution in [0.3, 0.4) is 0 Å². The highest BCUT2D eigenvalue weighted by Crippen LogP contribution is 2.27. The van der Waals surface area contributed by atoms with Gasteiger partial charge in [-0.15, -0.1) is 0 Å². The van der Waals surface area contributed by atoms with Gasteiger partial charge in [0.05, 0.1) is 0 Å². The second-order valence-corrected chi connectivity index (χ2v) is 6.62. The van der Waals surface area contributed by atoms with Crippen molar-refractivity contribution in [3.63, 3.8) is 0 Å². The maximum absolute atomic E-state index is 4.24. The molecule has 0 radical (unpaired) electrons. The quantitative estimate of drug-likeness (QED) is 0.782. The molecule has 0 spiro atoms. The molecule has 2 nitrogen and oxygen atoms in total. The van der Waals surface area contributed by atoms with E-state index < -0.39 is 0 Å². The molecule has 1 heterocycles. The van der Waals surface area contributed by atoms with Crippen molar-refractivity contribution in [1.82, 2.24) is 10.3 Å². The largest absolute Gasteiger partial charge is 0.310 e. The summed E-state index contributed by atoms with van der Waals surface area (Å²) in [4.78, 5) is 4.24. The van der Waals surface area contributed by atoms with Crippen molar-refractivity contribution < 1.29 is 0 Å². The second kappa shape index (κ2) is 7.34. The third-order valence-electron chi connectivity index (χ3n) is 3.18. The Morgan fingerprint density at radius 2 is 2.00 bits per heavy atom. The standard InChI is InChI=1S/C16H18Br2N2/c1-3-20-16(8-12-7-13(17)10-19-9-12)14-6-11(2)4-5-15(14)18/h4-7,9-10,16,20H,3,8H2,1-2H3. The molecule has 1 unspecified atom stereocenters. The summed E-state index contributed by atoms with van der Waals surface area (Å²) in [6, 6.07) is 8.89. The molecule has 20 heavy (non-hydrogen) atoms. The van der Waals surface area contributed by atoms with E-state index in [0.29, 0.717) is 0 Å². The van der Waals surface area contributed by atoms with Crippen LogP contribution in [-0.2, 0) is 6.42 Å². The lowest BCUT2D eigenvalue weighted by molar-refractivity contribution is 0.547. The minimum absolute atomic E-state index is 0.283. The number of nitrogens with one attached hydrogen (secondary N) is 1. The first kappa shape index (κ1) is 15.7. The van der Waals surface area contributed by atoms with Crippen LogP contribution in [0.25, 0.3) is 0 Å². The van der Waals surface area contributed by atoms with Gasteiger partial charge in [-0.2, -0.15) is 0 Å². The smallest absolute Gasteiger partial charge is 0.0410 e. The third-order valence-corrected chi connectivity index (χ3v) is 4.33. The van der Waals surface area contributed by atoms with Crippen LogP contribution in [0.1, 0.15) is 29.7 Å². The maximum atomic E-state index is 4.24. The fraction of sp³-hybridized carbons (Fsp3) is 0.312. The van der Waals surface area contributed by atoms with Gasteiger partial charge in [0, 0.05) is 27.4 Å². The van der Waals surface area contributed by atoms with E-state index in [-0.39, 0.29) is 6.04 Å². The highest BCUT2D eigenvalue weighted by molar-refractivity contribution is 9.10. The van der Waals surface area contributed by atoms with Gasteiger partial charge in [0.25, 0.3) is 0 Å². The van der Waals surface area contributed by atoms with Crippen LogP contribution in [0.4, 0.5) is 0 Å². The Morgan fingerprint density at radius 1 is 1.20 bits per heavy atom. The van der Waals surface area contributed by atoms with Gasteiger partial charge < -0.3 is 5.32 Å². The van der Waals surface area contributed by atoms with Crippen LogP contribution in [0, 0.1) is 6.92 Å². The lowest BCUT2D eigenvalue weighted by Gasteiger charge is -2.20. The number of aryl methyl sites for hydroxylation is 1. The lowest BCUT2D eigenvalue weighted by atomic mass is 9.98. The number of hydrogen-bond donors (Lipinski definition) is 1. The van der Waals surface area contributed by atoms with Crippen molar-refractivity contribution in [2.24, 2.45) is 0 Å². The van der Waals surface area contributed by atoms with Crippen LogP contribution >= 0.6 is 31.9 Å². The molecule has 0 saturated heterocycles. The minimum atomic E-state index is 0.283. The number of rotatable bonds is 5. The fourth-order valence-corrected chi connectivity index (χ4v) is 3.21. The first-order valence-electron chi connectivity index (χ1n) is 6.69. The number of halogens is 2. The maximum Gasteiger partial charge on any atom is 0.0410 e. The Bertz CT molecular complexity index is 584. The summed E-state index contributed by atoms with van der Waals surface area (Å²) >= 11 is 7.15. The Kier molecular flexibility index (Phi) is 5.75. The highest BCUT2D eigenvalue weighted by Gasteiger charge is 2.14. The van der Waals surface area contributed by atoms with Crippen molar-refractivity contribution in [2.75, 3.05) is 6.54 Å². The van der Waals surface area contributed by atoms with Gasteiger partial charge in [-0.1, -0.05) is 40.5 Å². The Morgan fingerprint density at radius 3 is 2.70 bits per heavy atom. The van der Waals surface area contributed by atoms with Crippen LogP contribution in [0.15, 0.2) is 45.6 Å². The van der Waals surface area contributed by atoms with Crippen molar-refractivity contribution in [3.05, 3.63) is 62.3 Å². The molecule has 106 valence electrons. The van der Waals surface area contributed by atoms with E-state index in [1.807, 2.05) is 12.4 Å². The summed E-state index contributed by atoms with van der Waals surface area (Å²) < 4.78 is 2.17. The highest BCUT2D eigenvalue weighted by atomic mass is 79.9. The average Bonchev–Trinajstić information content (AvgIpc) is 2.41. The topological polar surface area (TPSA) is 24.9 Å². The summed E-state index contributed by atoms with van der Waals surface area (Å²) in [6.07, 6.45) is 4.66. The van der Waals surface area contributed by atoms with Crippen molar-refractivity contribution >= 4 is 31.9 Å². The molecule has 0 aliphatic rings. The zero-order chi connectivity index (χ0) is 14.5. The van der Waals surface area contributed by atoms with Crippen molar-refractivity contribution in [1.29, 1.82) is 0 Å². The van der Waals surface area contributed by atoms with E-state index in [4.69, 9.17) is 0 Å². The van der Waals surface area contributed by atoms with E-state index in [1.54, 1.807) is 0 Å². The molecule has 1 aromatic carbocycles. The molecule has 0 aliphatic carbocycles. The predicted octanol–water partition coefficient (Wildman–Crippen LogP) is 4.81. The van der Waals surface area contributed by atoms with E-state index in [9.17, 15) is 0 Å². The van der Waals surface area contributed by atoms with Gasteiger partial charge in [-0.25, -0.2) is 0 Å². The Balaban J connectivity index is 2.29. The summed E-state index contributed by atoms with van der Waals surface area (Å²) in [6.45, 7) is 5.20. The minimum Gasteiger partial charge on any atom is -0.310 e. The average molecular weight is 398 g/mol. The van der Waals surface area contributed by atoms with Crippen LogP contribution in [0.5, 0.6) is 0 Å². The molecule has 0 saturated carbocycles. The number of benzene rings is 1. The molecule has 1 aromatic heterocycles. The van der Waals surface area contributed by atoms with E-state index in [2.05, 4.69) is 80.3 Å². The molecule has 0 bridgehead atoms. The molecule has 4 heteroatoms. The first-order chi connectivity index (χ1) is 9.60. The molecular formula is C16H18Br2N2. The van der Waals surface area contributed by atoms with Gasteiger partial charge in [-0.05, 0) is 59.1 Å². The molecule has 2 aromatic rings. The number of likely N-dealkylation sites (N-methyl/N-ethyl adjacent to an activating group) is 1. The Labute approximate surface area is 137 Å². The number of aromatic nitrogens is 1. The molecule has 2 rings (SSSR count). The van der Waals surface area contributed by atoms with Gasteiger partial charge in [0.1, 0.15) is 0 Å². The second-order valence-electron chi connectivity index (χ2n) is 4.85. The zero-order valence-corrected chi connectivity index (χ0v) is 14.8. The molecule has 1 atom stereocenters.